The van der Waals surface area contributed by atoms with Gasteiger partial charge >= 0.3 is 0 Å². The van der Waals surface area contributed by atoms with Gasteiger partial charge in [0.05, 0.1) is 17.8 Å². The zero-order valence-electron chi connectivity index (χ0n) is 15.1. The van der Waals surface area contributed by atoms with E-state index in [1.54, 1.807) is 4.90 Å². The number of aromatic nitrogens is 4. The summed E-state index contributed by atoms with van der Waals surface area (Å²) in [5, 5.41) is 7.06. The second-order valence-electron chi connectivity index (χ2n) is 6.80. The van der Waals surface area contributed by atoms with Crippen molar-refractivity contribution in [3.8, 4) is 0 Å². The van der Waals surface area contributed by atoms with Gasteiger partial charge in [-0.3, -0.25) is 19.7 Å². The second-order valence-corrected chi connectivity index (χ2v) is 6.80. The highest BCUT2D eigenvalue weighted by Crippen LogP contribution is 2.26. The highest BCUT2D eigenvalue weighted by atomic mass is 16.2. The average molecular weight is 344 g/mol. The largest absolute Gasteiger partial charge is 0.348 e. The predicted molar refractivity (Wildman–Crippen MR) is 94.9 cm³/mol. The molecule has 0 spiro atoms. The van der Waals surface area contributed by atoms with Crippen molar-refractivity contribution in [2.75, 3.05) is 32.1 Å². The molecule has 1 atom stereocenters. The van der Waals surface area contributed by atoms with Crippen LogP contribution in [-0.4, -0.2) is 58.2 Å². The van der Waals surface area contributed by atoms with Crippen LogP contribution in [0.25, 0.3) is 0 Å². The van der Waals surface area contributed by atoms with Crippen molar-refractivity contribution >= 4 is 11.9 Å². The molecule has 0 radical (unpaired) electrons. The molecule has 0 saturated carbocycles. The second kappa shape index (κ2) is 6.70. The van der Waals surface area contributed by atoms with E-state index in [0.717, 1.165) is 29.1 Å². The van der Waals surface area contributed by atoms with Crippen LogP contribution in [0.15, 0.2) is 10.9 Å². The number of nitrogens with one attached hydrogen (secondary N) is 2. The molecule has 0 bridgehead atoms. The third-order valence-electron chi connectivity index (χ3n) is 4.74. The number of anilines is 1. The summed E-state index contributed by atoms with van der Waals surface area (Å²) in [6.45, 7) is 5.11. The van der Waals surface area contributed by atoms with Crippen molar-refractivity contribution in [2.24, 2.45) is 0 Å². The Kier molecular flexibility index (Phi) is 4.61. The maximum Gasteiger partial charge on any atom is 0.252 e. The molecule has 3 rings (SSSR count). The number of carbonyl (C=O) groups excluding carboxylic acids is 1. The summed E-state index contributed by atoms with van der Waals surface area (Å²) in [6.07, 6.45) is 1.17. The third kappa shape index (κ3) is 3.57. The van der Waals surface area contributed by atoms with E-state index >= 15 is 0 Å². The number of nitrogens with zero attached hydrogens (tertiary/aromatic N) is 4. The monoisotopic (exact) mass is 344 g/mol. The molecular formula is C17H24N6O2. The van der Waals surface area contributed by atoms with Crippen LogP contribution in [0.5, 0.6) is 0 Å². The molecule has 3 heterocycles. The van der Waals surface area contributed by atoms with Gasteiger partial charge in [-0.15, -0.1) is 0 Å². The maximum atomic E-state index is 12.6. The van der Waals surface area contributed by atoms with E-state index in [1.165, 1.54) is 6.07 Å². The van der Waals surface area contributed by atoms with Crippen LogP contribution in [-0.2, 0) is 11.2 Å². The predicted octanol–water partition coefficient (Wildman–Crippen LogP) is 0.734. The van der Waals surface area contributed by atoms with Crippen LogP contribution in [0, 0.1) is 13.8 Å². The Bertz CT molecular complexity index is 818. The van der Waals surface area contributed by atoms with E-state index in [1.807, 2.05) is 32.8 Å². The van der Waals surface area contributed by atoms with E-state index in [9.17, 15) is 9.59 Å². The molecule has 1 amide bonds. The lowest BCUT2D eigenvalue weighted by atomic mass is 10.0. The molecule has 1 aliphatic heterocycles. The normalized spacial score (nSPS) is 17.1. The molecule has 1 aliphatic rings. The van der Waals surface area contributed by atoms with Gasteiger partial charge in [0, 0.05) is 50.4 Å². The van der Waals surface area contributed by atoms with Gasteiger partial charge in [-0.2, -0.15) is 5.10 Å². The van der Waals surface area contributed by atoms with Crippen LogP contribution >= 0.6 is 0 Å². The molecule has 1 unspecified atom stereocenters. The molecule has 1 saturated heterocycles. The molecule has 2 aromatic heterocycles. The minimum absolute atomic E-state index is 0.0905. The van der Waals surface area contributed by atoms with Crippen molar-refractivity contribution in [2.45, 2.75) is 32.6 Å². The number of aryl methyl sites for hydroxylation is 2. The zero-order valence-corrected chi connectivity index (χ0v) is 15.1. The topological polar surface area (TPSA) is 98.0 Å². The molecule has 0 aromatic carbocycles. The fourth-order valence-electron chi connectivity index (χ4n) is 3.21. The standard InChI is InChI=1S/C17H24N6O2/c1-10-13(11(2)21-20-10)7-16(25)23-6-5-12(9-23)14-8-15(24)19-17(18-14)22(3)4/h8,12H,5-7,9H2,1-4H3,(H,20,21)(H,18,19,24). The van der Waals surface area contributed by atoms with Crippen LogP contribution in [0.3, 0.4) is 0 Å². The molecule has 8 nitrogen and oxygen atoms in total. The summed E-state index contributed by atoms with van der Waals surface area (Å²) in [4.78, 5) is 35.4. The zero-order chi connectivity index (χ0) is 18.1. The first-order valence-electron chi connectivity index (χ1n) is 8.42. The van der Waals surface area contributed by atoms with Crippen LogP contribution in [0.2, 0.25) is 0 Å². The molecule has 134 valence electrons. The van der Waals surface area contributed by atoms with E-state index < -0.39 is 0 Å². The Labute approximate surface area is 146 Å². The van der Waals surface area contributed by atoms with Crippen molar-refractivity contribution in [3.63, 3.8) is 0 Å². The average Bonchev–Trinajstić information content (AvgIpc) is 3.17. The lowest BCUT2D eigenvalue weighted by Crippen LogP contribution is -2.30. The van der Waals surface area contributed by atoms with Crippen LogP contribution in [0.4, 0.5) is 5.95 Å². The first-order chi connectivity index (χ1) is 11.8. The summed E-state index contributed by atoms with van der Waals surface area (Å²) in [6, 6.07) is 1.54. The number of hydrogen-bond donors (Lipinski definition) is 2. The van der Waals surface area contributed by atoms with E-state index in [-0.39, 0.29) is 17.4 Å². The summed E-state index contributed by atoms with van der Waals surface area (Å²) >= 11 is 0. The number of likely N-dealkylation sites (tertiary alicyclic amines) is 1. The van der Waals surface area contributed by atoms with Crippen molar-refractivity contribution in [1.29, 1.82) is 0 Å². The Morgan fingerprint density at radius 3 is 2.80 bits per heavy atom. The van der Waals surface area contributed by atoms with Gasteiger partial charge in [0.25, 0.3) is 5.56 Å². The molecular weight excluding hydrogens is 320 g/mol. The number of aromatic amines is 2. The molecule has 2 N–H and O–H groups in total. The summed E-state index contributed by atoms with van der Waals surface area (Å²) < 4.78 is 0. The quantitative estimate of drug-likeness (QED) is 0.852. The number of carbonyl (C=O) groups is 1. The van der Waals surface area contributed by atoms with E-state index in [4.69, 9.17) is 0 Å². The van der Waals surface area contributed by atoms with Crippen molar-refractivity contribution in [3.05, 3.63) is 39.1 Å². The first kappa shape index (κ1) is 17.2. The van der Waals surface area contributed by atoms with E-state index in [0.29, 0.717) is 25.5 Å². The molecule has 8 heteroatoms. The number of amides is 1. The molecule has 1 fully saturated rings. The fourth-order valence-corrected chi connectivity index (χ4v) is 3.21. The molecule has 2 aromatic rings. The Hall–Kier alpha value is -2.64. The van der Waals surface area contributed by atoms with E-state index in [2.05, 4.69) is 20.2 Å². The first-order valence-corrected chi connectivity index (χ1v) is 8.42. The Morgan fingerprint density at radius 2 is 2.16 bits per heavy atom. The highest BCUT2D eigenvalue weighted by molar-refractivity contribution is 5.79. The summed E-state index contributed by atoms with van der Waals surface area (Å²) in [5.41, 5.74) is 3.36. The lowest BCUT2D eigenvalue weighted by molar-refractivity contribution is -0.129. The number of H-pyrrole nitrogens is 2. The minimum atomic E-state index is -0.164. The molecule has 25 heavy (non-hydrogen) atoms. The number of hydrogen-bond acceptors (Lipinski definition) is 5. The minimum Gasteiger partial charge on any atom is -0.348 e. The Balaban J connectivity index is 1.71. The van der Waals surface area contributed by atoms with Crippen molar-refractivity contribution < 1.29 is 4.79 Å². The Morgan fingerprint density at radius 1 is 1.40 bits per heavy atom. The summed E-state index contributed by atoms with van der Waals surface area (Å²) in [7, 11) is 3.67. The van der Waals surface area contributed by atoms with Gasteiger partial charge in [0.15, 0.2) is 0 Å². The highest BCUT2D eigenvalue weighted by Gasteiger charge is 2.29. The van der Waals surface area contributed by atoms with Gasteiger partial charge in [-0.25, -0.2) is 4.98 Å². The van der Waals surface area contributed by atoms with Gasteiger partial charge < -0.3 is 9.80 Å². The third-order valence-corrected chi connectivity index (χ3v) is 4.74. The maximum absolute atomic E-state index is 12.6. The molecule has 0 aliphatic carbocycles. The van der Waals surface area contributed by atoms with Crippen molar-refractivity contribution in [1.82, 2.24) is 25.1 Å². The lowest BCUT2D eigenvalue weighted by Gasteiger charge is -2.17. The smallest absolute Gasteiger partial charge is 0.252 e. The van der Waals surface area contributed by atoms with Crippen LogP contribution < -0.4 is 10.5 Å². The number of rotatable bonds is 4. The fraction of sp³-hybridized carbons (Fsp3) is 0.529. The SMILES string of the molecule is Cc1n[nH]c(C)c1CC(=O)N1CCC(c2cc(=O)[nH]c(N(C)C)n2)C1. The van der Waals surface area contributed by atoms with Crippen LogP contribution in [0.1, 0.15) is 35.0 Å². The summed E-state index contributed by atoms with van der Waals surface area (Å²) in [5.74, 6) is 0.723. The van der Waals surface area contributed by atoms with Gasteiger partial charge in [-0.05, 0) is 20.3 Å². The van der Waals surface area contributed by atoms with Gasteiger partial charge in [0.1, 0.15) is 0 Å². The van der Waals surface area contributed by atoms with Gasteiger partial charge in [0.2, 0.25) is 11.9 Å². The van der Waals surface area contributed by atoms with Gasteiger partial charge in [-0.1, -0.05) is 0 Å².